The Labute approximate surface area is 72.8 Å². The van der Waals surface area contributed by atoms with Gasteiger partial charge < -0.3 is 11.5 Å². The largest absolute Gasteiger partial charge is 0.383 e. The molecule has 0 fully saturated rings. The maximum Gasteiger partial charge on any atom is 0.128 e. The Bertz CT molecular complexity index is 269. The van der Waals surface area contributed by atoms with E-state index in [1.165, 1.54) is 0 Å². The van der Waals surface area contributed by atoms with Crippen LogP contribution in [-0.4, -0.2) is 4.98 Å². The topological polar surface area (TPSA) is 64.9 Å². The molecule has 1 aromatic rings. The Morgan fingerprint density at radius 1 is 1.42 bits per heavy atom. The summed E-state index contributed by atoms with van der Waals surface area (Å²) in [5, 5.41) is 0. The summed E-state index contributed by atoms with van der Waals surface area (Å²) in [4.78, 5) is 4.15. The van der Waals surface area contributed by atoms with Gasteiger partial charge in [0.25, 0.3) is 0 Å². The first-order chi connectivity index (χ1) is 5.52. The zero-order valence-corrected chi connectivity index (χ0v) is 7.76. The molecule has 0 amide bonds. The van der Waals surface area contributed by atoms with E-state index < -0.39 is 0 Å². The highest BCUT2D eigenvalue weighted by atomic mass is 14.9. The third-order valence-electron chi connectivity index (χ3n) is 1.88. The van der Waals surface area contributed by atoms with E-state index in [9.17, 15) is 0 Å². The molecule has 0 spiro atoms. The molecular weight excluding hydrogens is 150 g/mol. The van der Waals surface area contributed by atoms with Crippen LogP contribution in [-0.2, 0) is 0 Å². The van der Waals surface area contributed by atoms with E-state index in [1.54, 1.807) is 0 Å². The molecule has 1 aromatic heterocycles. The number of rotatable bonds is 1. The molecule has 0 saturated heterocycles. The highest BCUT2D eigenvalue weighted by Crippen LogP contribution is 2.21. The third-order valence-corrected chi connectivity index (χ3v) is 1.88. The number of aromatic nitrogens is 1. The van der Waals surface area contributed by atoms with Crippen LogP contribution in [0.2, 0.25) is 0 Å². The lowest BCUT2D eigenvalue weighted by molar-refractivity contribution is 0.805. The molecule has 0 aromatic carbocycles. The monoisotopic (exact) mass is 165 g/mol. The number of hydrogen-bond donors (Lipinski definition) is 2. The normalized spacial score (nSPS) is 13.0. The fraction of sp³-hybridized carbons (Fsp3) is 0.444. The standard InChI is InChI=1S/C9H15N3/c1-5-4-6(2)12-9(11)8(5)7(3)10/h4,7H,10H2,1-3H3,(H2,11,12). The van der Waals surface area contributed by atoms with Crippen molar-refractivity contribution in [3.05, 3.63) is 22.9 Å². The number of nitrogen functional groups attached to an aromatic ring is 1. The predicted molar refractivity (Wildman–Crippen MR) is 50.7 cm³/mol. The van der Waals surface area contributed by atoms with Gasteiger partial charge >= 0.3 is 0 Å². The highest BCUT2D eigenvalue weighted by molar-refractivity contribution is 5.47. The van der Waals surface area contributed by atoms with Gasteiger partial charge in [-0.3, -0.25) is 0 Å². The maximum absolute atomic E-state index is 5.75. The minimum atomic E-state index is -0.0434. The second kappa shape index (κ2) is 3.11. The zero-order chi connectivity index (χ0) is 9.30. The molecule has 1 unspecified atom stereocenters. The zero-order valence-electron chi connectivity index (χ0n) is 7.76. The van der Waals surface area contributed by atoms with Crippen molar-refractivity contribution in [3.8, 4) is 0 Å². The second-order valence-electron chi connectivity index (χ2n) is 3.17. The third kappa shape index (κ3) is 1.56. The summed E-state index contributed by atoms with van der Waals surface area (Å²) >= 11 is 0. The molecule has 0 aliphatic heterocycles. The van der Waals surface area contributed by atoms with Gasteiger partial charge in [-0.1, -0.05) is 0 Å². The number of nitrogens with two attached hydrogens (primary N) is 2. The van der Waals surface area contributed by atoms with Crippen molar-refractivity contribution in [2.75, 3.05) is 5.73 Å². The summed E-state index contributed by atoms with van der Waals surface area (Å²) in [7, 11) is 0. The SMILES string of the molecule is Cc1cc(C)c(C(C)N)c(N)n1. The van der Waals surface area contributed by atoms with Crippen LogP contribution < -0.4 is 11.5 Å². The molecule has 1 heterocycles. The van der Waals surface area contributed by atoms with E-state index >= 15 is 0 Å². The van der Waals surface area contributed by atoms with E-state index in [4.69, 9.17) is 11.5 Å². The minimum absolute atomic E-state index is 0.0434. The van der Waals surface area contributed by atoms with Crippen molar-refractivity contribution in [1.82, 2.24) is 4.98 Å². The van der Waals surface area contributed by atoms with Gasteiger partial charge in [-0.15, -0.1) is 0 Å². The Morgan fingerprint density at radius 2 is 2.00 bits per heavy atom. The lowest BCUT2D eigenvalue weighted by atomic mass is 10.0. The van der Waals surface area contributed by atoms with Gasteiger partial charge in [0, 0.05) is 17.3 Å². The van der Waals surface area contributed by atoms with E-state index in [1.807, 2.05) is 26.8 Å². The molecule has 0 bridgehead atoms. The first kappa shape index (κ1) is 9.00. The lowest BCUT2D eigenvalue weighted by Crippen LogP contribution is -2.12. The quantitative estimate of drug-likeness (QED) is 0.659. The Morgan fingerprint density at radius 3 is 2.42 bits per heavy atom. The van der Waals surface area contributed by atoms with E-state index in [0.717, 1.165) is 16.8 Å². The number of nitrogens with zero attached hydrogens (tertiary/aromatic N) is 1. The molecule has 66 valence electrons. The molecule has 4 N–H and O–H groups in total. The van der Waals surface area contributed by atoms with Crippen molar-refractivity contribution >= 4 is 5.82 Å². The van der Waals surface area contributed by atoms with Gasteiger partial charge in [-0.25, -0.2) is 4.98 Å². The molecule has 0 saturated carbocycles. The fourth-order valence-corrected chi connectivity index (χ4v) is 1.47. The van der Waals surface area contributed by atoms with Crippen LogP contribution in [0.3, 0.4) is 0 Å². The summed E-state index contributed by atoms with van der Waals surface area (Å²) in [5.74, 6) is 0.558. The number of aryl methyl sites for hydroxylation is 2. The van der Waals surface area contributed by atoms with Crippen molar-refractivity contribution in [1.29, 1.82) is 0 Å². The Kier molecular flexibility index (Phi) is 2.33. The Balaban J connectivity index is 3.28. The number of hydrogen-bond acceptors (Lipinski definition) is 3. The van der Waals surface area contributed by atoms with Gasteiger partial charge in [0.2, 0.25) is 0 Å². The van der Waals surface area contributed by atoms with Crippen LogP contribution in [0.25, 0.3) is 0 Å². The predicted octanol–water partition coefficient (Wildman–Crippen LogP) is 1.30. The fourth-order valence-electron chi connectivity index (χ4n) is 1.47. The number of anilines is 1. The van der Waals surface area contributed by atoms with Crippen LogP contribution in [0.4, 0.5) is 5.82 Å². The second-order valence-corrected chi connectivity index (χ2v) is 3.17. The van der Waals surface area contributed by atoms with Gasteiger partial charge in [0.05, 0.1) is 0 Å². The summed E-state index contributed by atoms with van der Waals surface area (Å²) in [5.41, 5.74) is 14.5. The van der Waals surface area contributed by atoms with Crippen molar-refractivity contribution in [3.63, 3.8) is 0 Å². The molecule has 3 heteroatoms. The summed E-state index contributed by atoms with van der Waals surface area (Å²) < 4.78 is 0. The van der Waals surface area contributed by atoms with Crippen LogP contribution in [0.5, 0.6) is 0 Å². The smallest absolute Gasteiger partial charge is 0.128 e. The summed E-state index contributed by atoms with van der Waals surface area (Å²) in [6, 6.07) is 1.95. The molecule has 0 aliphatic rings. The summed E-state index contributed by atoms with van der Waals surface area (Å²) in [6.07, 6.45) is 0. The average molecular weight is 165 g/mol. The lowest BCUT2D eigenvalue weighted by Gasteiger charge is -2.12. The van der Waals surface area contributed by atoms with Gasteiger partial charge in [-0.05, 0) is 32.4 Å². The molecule has 0 aliphatic carbocycles. The van der Waals surface area contributed by atoms with Crippen molar-refractivity contribution < 1.29 is 0 Å². The number of pyridine rings is 1. The van der Waals surface area contributed by atoms with Crippen LogP contribution in [0.1, 0.15) is 29.8 Å². The van der Waals surface area contributed by atoms with Crippen molar-refractivity contribution in [2.24, 2.45) is 5.73 Å². The van der Waals surface area contributed by atoms with E-state index in [0.29, 0.717) is 5.82 Å². The van der Waals surface area contributed by atoms with E-state index in [2.05, 4.69) is 4.98 Å². The van der Waals surface area contributed by atoms with E-state index in [-0.39, 0.29) is 6.04 Å². The highest BCUT2D eigenvalue weighted by Gasteiger charge is 2.09. The first-order valence-corrected chi connectivity index (χ1v) is 4.01. The van der Waals surface area contributed by atoms with Crippen molar-refractivity contribution in [2.45, 2.75) is 26.8 Å². The molecule has 1 rings (SSSR count). The minimum Gasteiger partial charge on any atom is -0.383 e. The molecule has 0 radical (unpaired) electrons. The van der Waals surface area contributed by atoms with Gasteiger partial charge in [-0.2, -0.15) is 0 Å². The molecule has 12 heavy (non-hydrogen) atoms. The summed E-state index contributed by atoms with van der Waals surface area (Å²) in [6.45, 7) is 5.84. The average Bonchev–Trinajstić information content (AvgIpc) is 1.82. The molecule has 1 atom stereocenters. The Hall–Kier alpha value is -1.09. The van der Waals surface area contributed by atoms with Crippen LogP contribution in [0, 0.1) is 13.8 Å². The maximum atomic E-state index is 5.75. The van der Waals surface area contributed by atoms with Crippen LogP contribution >= 0.6 is 0 Å². The molecule has 3 nitrogen and oxygen atoms in total. The first-order valence-electron chi connectivity index (χ1n) is 4.01. The van der Waals surface area contributed by atoms with Gasteiger partial charge in [0.15, 0.2) is 0 Å². The molecular formula is C9H15N3. The van der Waals surface area contributed by atoms with Crippen LogP contribution in [0.15, 0.2) is 6.07 Å². The van der Waals surface area contributed by atoms with Gasteiger partial charge in [0.1, 0.15) is 5.82 Å².